The molecule has 35 heavy (non-hydrogen) atoms. The summed E-state index contributed by atoms with van der Waals surface area (Å²) in [6.07, 6.45) is 3.42. The molecule has 0 bridgehead atoms. The molecule has 180 valence electrons. The van der Waals surface area contributed by atoms with Crippen LogP contribution in [0, 0.1) is 5.82 Å². The van der Waals surface area contributed by atoms with E-state index in [1.54, 1.807) is 36.0 Å². The first-order valence-corrected chi connectivity index (χ1v) is 12.7. The Morgan fingerprint density at radius 1 is 1.11 bits per heavy atom. The normalized spacial score (nSPS) is 16.7. The first-order chi connectivity index (χ1) is 17.0. The lowest BCUT2D eigenvalue weighted by Crippen LogP contribution is -2.34. The number of rotatable bonds is 7. The number of likely N-dealkylation sites (N-methyl/N-ethyl adjacent to an activating group) is 1. The van der Waals surface area contributed by atoms with E-state index < -0.39 is 0 Å². The highest BCUT2D eigenvalue weighted by Crippen LogP contribution is 2.41. The van der Waals surface area contributed by atoms with Crippen LogP contribution in [0.1, 0.15) is 23.7 Å². The van der Waals surface area contributed by atoms with Gasteiger partial charge < -0.3 is 15.5 Å². The number of hydrogen-bond acceptors (Lipinski definition) is 5. The molecule has 2 aliphatic heterocycles. The monoisotopic (exact) mass is 488 g/mol. The van der Waals surface area contributed by atoms with E-state index in [-0.39, 0.29) is 17.2 Å². The summed E-state index contributed by atoms with van der Waals surface area (Å²) in [5.74, 6) is -0.422. The van der Waals surface area contributed by atoms with Crippen LogP contribution in [0.2, 0.25) is 0 Å². The maximum absolute atomic E-state index is 13.2. The van der Waals surface area contributed by atoms with E-state index in [2.05, 4.69) is 40.6 Å². The summed E-state index contributed by atoms with van der Waals surface area (Å²) in [5, 5.41) is 6.59. The van der Waals surface area contributed by atoms with Crippen LogP contribution in [0.5, 0.6) is 0 Å². The minimum absolute atomic E-state index is 0.158. The summed E-state index contributed by atoms with van der Waals surface area (Å²) < 4.78 is 13.2. The molecule has 7 heteroatoms. The van der Waals surface area contributed by atoms with Gasteiger partial charge >= 0.3 is 0 Å². The summed E-state index contributed by atoms with van der Waals surface area (Å²) in [6, 6.07) is 19.7. The average Bonchev–Trinajstić information content (AvgIpc) is 3.51. The molecule has 1 atom stereocenters. The van der Waals surface area contributed by atoms with Crippen molar-refractivity contribution >= 4 is 29.0 Å². The molecule has 0 saturated carbocycles. The van der Waals surface area contributed by atoms with Crippen LogP contribution >= 0.6 is 11.8 Å². The third-order valence-electron chi connectivity index (χ3n) is 6.43. The van der Waals surface area contributed by atoms with Gasteiger partial charge in [0.25, 0.3) is 5.91 Å². The molecule has 3 aromatic carbocycles. The van der Waals surface area contributed by atoms with Crippen molar-refractivity contribution in [2.24, 2.45) is 0 Å². The zero-order chi connectivity index (χ0) is 24.4. The fourth-order valence-electron chi connectivity index (χ4n) is 4.41. The maximum atomic E-state index is 13.2. The molecule has 2 heterocycles. The van der Waals surface area contributed by atoms with E-state index in [0.29, 0.717) is 5.56 Å². The van der Waals surface area contributed by atoms with Crippen LogP contribution in [-0.2, 0) is 0 Å². The molecule has 0 aromatic heterocycles. The van der Waals surface area contributed by atoms with Crippen molar-refractivity contribution in [2.45, 2.75) is 23.7 Å². The fourth-order valence-corrected chi connectivity index (χ4v) is 5.54. The SMILES string of the molecule is CCN1C=C(CN(C)C2Nc3ccc(NC(=O)c4ccc(-c5ccc(F)cc5)cc4)cc3S2)CC1. The average molecular weight is 489 g/mol. The van der Waals surface area contributed by atoms with Crippen molar-refractivity contribution in [1.82, 2.24) is 9.80 Å². The summed E-state index contributed by atoms with van der Waals surface area (Å²) in [7, 11) is 2.14. The van der Waals surface area contributed by atoms with E-state index in [4.69, 9.17) is 0 Å². The van der Waals surface area contributed by atoms with Gasteiger partial charge in [-0.25, -0.2) is 4.39 Å². The van der Waals surface area contributed by atoms with Crippen LogP contribution < -0.4 is 10.6 Å². The third kappa shape index (κ3) is 5.36. The first kappa shape index (κ1) is 23.5. The number of nitrogens with one attached hydrogen (secondary N) is 2. The number of hydrogen-bond donors (Lipinski definition) is 2. The minimum atomic E-state index is -0.264. The molecule has 2 N–H and O–H groups in total. The second kappa shape index (κ2) is 10.1. The Labute approximate surface area is 210 Å². The zero-order valence-corrected chi connectivity index (χ0v) is 20.7. The number of nitrogens with zero attached hydrogens (tertiary/aromatic N) is 2. The van der Waals surface area contributed by atoms with Gasteiger partial charge in [0, 0.05) is 41.5 Å². The second-order valence-corrected chi connectivity index (χ2v) is 10.1. The van der Waals surface area contributed by atoms with Crippen molar-refractivity contribution in [3.05, 3.63) is 89.9 Å². The summed E-state index contributed by atoms with van der Waals surface area (Å²) in [6.45, 7) is 5.30. The van der Waals surface area contributed by atoms with E-state index in [1.165, 1.54) is 17.7 Å². The van der Waals surface area contributed by atoms with Gasteiger partial charge in [-0.3, -0.25) is 9.69 Å². The van der Waals surface area contributed by atoms with Gasteiger partial charge in [-0.05, 0) is 85.8 Å². The minimum Gasteiger partial charge on any atom is -0.377 e. The van der Waals surface area contributed by atoms with Crippen LogP contribution in [0.4, 0.5) is 15.8 Å². The largest absolute Gasteiger partial charge is 0.377 e. The smallest absolute Gasteiger partial charge is 0.255 e. The molecular formula is C28H29FN4OS. The molecule has 0 aliphatic carbocycles. The van der Waals surface area contributed by atoms with Crippen molar-refractivity contribution < 1.29 is 9.18 Å². The Morgan fingerprint density at radius 2 is 1.83 bits per heavy atom. The molecule has 0 spiro atoms. The number of halogens is 1. The van der Waals surface area contributed by atoms with E-state index in [1.807, 2.05) is 30.3 Å². The van der Waals surface area contributed by atoms with Gasteiger partial charge in [-0.1, -0.05) is 36.0 Å². The van der Waals surface area contributed by atoms with Crippen LogP contribution in [0.25, 0.3) is 11.1 Å². The van der Waals surface area contributed by atoms with Crippen molar-refractivity contribution in [3.63, 3.8) is 0 Å². The molecule has 5 rings (SSSR count). The Morgan fingerprint density at radius 3 is 2.51 bits per heavy atom. The highest BCUT2D eigenvalue weighted by molar-refractivity contribution is 8.00. The van der Waals surface area contributed by atoms with Gasteiger partial charge in [0.15, 0.2) is 0 Å². The molecule has 1 unspecified atom stereocenters. The number of thioether (sulfide) groups is 1. The third-order valence-corrected chi connectivity index (χ3v) is 7.72. The number of amides is 1. The summed E-state index contributed by atoms with van der Waals surface area (Å²) >= 11 is 1.77. The number of carbonyl (C=O) groups is 1. The molecule has 0 fully saturated rings. The van der Waals surface area contributed by atoms with Gasteiger partial charge in [-0.2, -0.15) is 0 Å². The van der Waals surface area contributed by atoms with Crippen molar-refractivity contribution in [2.75, 3.05) is 37.3 Å². The number of carbonyl (C=O) groups excluding carboxylic acids is 1. The molecule has 1 amide bonds. The molecule has 0 radical (unpaired) electrons. The lowest BCUT2D eigenvalue weighted by molar-refractivity contribution is 0.102. The van der Waals surface area contributed by atoms with E-state index >= 15 is 0 Å². The van der Waals surface area contributed by atoms with Crippen LogP contribution in [0.15, 0.2) is 83.4 Å². The standard InChI is InChI=1S/C28H29FN4OS/c1-3-33-15-14-19(18-33)17-32(2)28-31-25-13-12-24(16-26(25)35-28)30-27(34)22-6-4-20(5-7-22)21-8-10-23(29)11-9-21/h4-13,16,18,28,31H,3,14-15,17H2,1-2H3,(H,30,34). The highest BCUT2D eigenvalue weighted by Gasteiger charge is 2.26. The number of anilines is 2. The lowest BCUT2D eigenvalue weighted by atomic mass is 10.0. The second-order valence-electron chi connectivity index (χ2n) is 8.94. The van der Waals surface area contributed by atoms with Crippen molar-refractivity contribution in [3.8, 4) is 11.1 Å². The predicted molar refractivity (Wildman–Crippen MR) is 142 cm³/mol. The summed E-state index contributed by atoms with van der Waals surface area (Å²) in [4.78, 5) is 18.6. The van der Waals surface area contributed by atoms with Gasteiger partial charge in [0.1, 0.15) is 11.3 Å². The molecule has 2 aliphatic rings. The molecule has 0 saturated heterocycles. The molecular weight excluding hydrogens is 459 g/mol. The zero-order valence-electron chi connectivity index (χ0n) is 19.9. The van der Waals surface area contributed by atoms with Gasteiger partial charge in [0.05, 0.1) is 0 Å². The quantitative estimate of drug-likeness (QED) is 0.422. The predicted octanol–water partition coefficient (Wildman–Crippen LogP) is 6.09. The van der Waals surface area contributed by atoms with Gasteiger partial charge in [0.2, 0.25) is 0 Å². The van der Waals surface area contributed by atoms with Crippen LogP contribution in [-0.4, -0.2) is 47.9 Å². The number of benzene rings is 3. The van der Waals surface area contributed by atoms with Gasteiger partial charge in [-0.15, -0.1) is 0 Å². The first-order valence-electron chi connectivity index (χ1n) is 11.9. The Kier molecular flexibility index (Phi) is 6.79. The van der Waals surface area contributed by atoms with Crippen molar-refractivity contribution in [1.29, 1.82) is 0 Å². The molecule has 5 nitrogen and oxygen atoms in total. The maximum Gasteiger partial charge on any atom is 0.255 e. The van der Waals surface area contributed by atoms with E-state index in [9.17, 15) is 9.18 Å². The topological polar surface area (TPSA) is 47.6 Å². The Hall–Kier alpha value is -3.29. The Balaban J connectivity index is 1.20. The lowest BCUT2D eigenvalue weighted by Gasteiger charge is -2.24. The van der Waals surface area contributed by atoms with E-state index in [0.717, 1.165) is 53.5 Å². The summed E-state index contributed by atoms with van der Waals surface area (Å²) in [5.41, 5.74) is 5.90. The highest BCUT2D eigenvalue weighted by atomic mass is 32.2. The number of fused-ring (bicyclic) bond motifs is 1. The Bertz CT molecular complexity index is 1240. The van der Waals surface area contributed by atoms with Crippen LogP contribution in [0.3, 0.4) is 0 Å². The molecule has 3 aromatic rings. The fraction of sp³-hybridized carbons (Fsp3) is 0.250.